The van der Waals surface area contributed by atoms with E-state index in [9.17, 15) is 12.8 Å². The predicted octanol–water partition coefficient (Wildman–Crippen LogP) is 1.35. The Hall–Kier alpha value is -2.01. The summed E-state index contributed by atoms with van der Waals surface area (Å²) in [6.07, 6.45) is 0.160. The SMILES string of the molecule is CN(C)S(=O)(=O)N1CCOC(c2cc(CCOc3ccc(F)cc3)[nH]n2)C1. The van der Waals surface area contributed by atoms with Crippen molar-refractivity contribution in [3.8, 4) is 5.75 Å². The van der Waals surface area contributed by atoms with E-state index in [1.807, 2.05) is 6.07 Å². The zero-order valence-electron chi connectivity index (χ0n) is 15.3. The molecule has 0 saturated carbocycles. The summed E-state index contributed by atoms with van der Waals surface area (Å²) >= 11 is 0. The van der Waals surface area contributed by atoms with E-state index in [0.29, 0.717) is 37.6 Å². The Balaban J connectivity index is 1.56. The quantitative estimate of drug-likeness (QED) is 0.761. The Kier molecular flexibility index (Phi) is 6.10. The second-order valence-corrected chi connectivity index (χ2v) is 8.52. The van der Waals surface area contributed by atoms with Crippen molar-refractivity contribution < 1.29 is 22.3 Å². The van der Waals surface area contributed by atoms with Gasteiger partial charge in [0.05, 0.1) is 18.9 Å². The standard InChI is InChI=1S/C17H23FN4O4S/c1-21(2)27(23,24)22-8-10-26-17(12-22)16-11-14(19-20-16)7-9-25-15-5-3-13(18)4-6-15/h3-6,11,17H,7-10,12H2,1-2H3,(H,19,20). The van der Waals surface area contributed by atoms with Gasteiger partial charge in [0.15, 0.2) is 0 Å². The maximum Gasteiger partial charge on any atom is 0.281 e. The molecular weight excluding hydrogens is 375 g/mol. The van der Waals surface area contributed by atoms with Crippen LogP contribution in [0.15, 0.2) is 30.3 Å². The second kappa shape index (κ2) is 8.34. The van der Waals surface area contributed by atoms with E-state index in [4.69, 9.17) is 9.47 Å². The first kappa shape index (κ1) is 19.7. The number of aromatic nitrogens is 2. The van der Waals surface area contributed by atoms with Crippen molar-refractivity contribution in [1.29, 1.82) is 0 Å². The van der Waals surface area contributed by atoms with Gasteiger partial charge in [-0.2, -0.15) is 22.1 Å². The van der Waals surface area contributed by atoms with E-state index >= 15 is 0 Å². The smallest absolute Gasteiger partial charge is 0.281 e. The molecule has 1 atom stereocenters. The fraction of sp³-hybridized carbons (Fsp3) is 0.471. The molecule has 1 unspecified atom stereocenters. The number of nitrogens with one attached hydrogen (secondary N) is 1. The Morgan fingerprint density at radius 2 is 2.11 bits per heavy atom. The molecule has 27 heavy (non-hydrogen) atoms. The summed E-state index contributed by atoms with van der Waals surface area (Å²) in [7, 11) is -0.465. The molecule has 1 aromatic carbocycles. The molecular formula is C17H23FN4O4S. The highest BCUT2D eigenvalue weighted by molar-refractivity contribution is 7.86. The van der Waals surface area contributed by atoms with Gasteiger partial charge >= 0.3 is 0 Å². The Bertz CT molecular complexity index is 854. The molecule has 0 bridgehead atoms. The molecule has 1 aromatic heterocycles. The maximum absolute atomic E-state index is 12.9. The average molecular weight is 398 g/mol. The van der Waals surface area contributed by atoms with Crippen LogP contribution in [0.25, 0.3) is 0 Å². The Morgan fingerprint density at radius 3 is 2.81 bits per heavy atom. The van der Waals surface area contributed by atoms with E-state index < -0.39 is 16.3 Å². The summed E-state index contributed by atoms with van der Waals surface area (Å²) in [5, 5.41) is 7.17. The van der Waals surface area contributed by atoms with Crippen LogP contribution in [0, 0.1) is 5.82 Å². The number of halogens is 1. The van der Waals surface area contributed by atoms with Crippen molar-refractivity contribution in [3.63, 3.8) is 0 Å². The number of ether oxygens (including phenoxy) is 2. The summed E-state index contributed by atoms with van der Waals surface area (Å²) in [5.74, 6) is 0.287. The Morgan fingerprint density at radius 1 is 1.37 bits per heavy atom. The molecule has 0 aliphatic carbocycles. The van der Waals surface area contributed by atoms with Crippen LogP contribution in [-0.2, 0) is 21.4 Å². The lowest BCUT2D eigenvalue weighted by Gasteiger charge is -2.32. The van der Waals surface area contributed by atoms with E-state index in [1.54, 1.807) is 12.1 Å². The molecule has 0 radical (unpaired) electrons. The van der Waals surface area contributed by atoms with Crippen LogP contribution < -0.4 is 4.74 Å². The van der Waals surface area contributed by atoms with E-state index in [1.165, 1.54) is 34.8 Å². The van der Waals surface area contributed by atoms with Gasteiger partial charge in [0.25, 0.3) is 10.2 Å². The van der Waals surface area contributed by atoms with E-state index in [0.717, 1.165) is 5.69 Å². The van der Waals surface area contributed by atoms with Gasteiger partial charge in [0, 0.05) is 39.3 Å². The minimum atomic E-state index is -3.48. The zero-order chi connectivity index (χ0) is 19.4. The van der Waals surface area contributed by atoms with Gasteiger partial charge in [-0.05, 0) is 30.3 Å². The lowest BCUT2D eigenvalue weighted by molar-refractivity contribution is -0.00625. The summed E-state index contributed by atoms with van der Waals surface area (Å²) in [6, 6.07) is 7.69. The summed E-state index contributed by atoms with van der Waals surface area (Å²) in [5.41, 5.74) is 1.51. The summed E-state index contributed by atoms with van der Waals surface area (Å²) in [6.45, 7) is 1.25. The number of nitrogens with zero attached hydrogens (tertiary/aromatic N) is 3. The molecule has 0 amide bonds. The third kappa shape index (κ3) is 4.83. The van der Waals surface area contributed by atoms with Crippen LogP contribution in [0.3, 0.4) is 0 Å². The third-order valence-electron chi connectivity index (χ3n) is 4.25. The van der Waals surface area contributed by atoms with Gasteiger partial charge < -0.3 is 9.47 Å². The molecule has 1 fully saturated rings. The molecule has 8 nitrogen and oxygen atoms in total. The van der Waals surface area contributed by atoms with Crippen LogP contribution >= 0.6 is 0 Å². The summed E-state index contributed by atoms with van der Waals surface area (Å²) in [4.78, 5) is 0. The molecule has 1 saturated heterocycles. The lowest BCUT2D eigenvalue weighted by Crippen LogP contribution is -2.47. The first-order valence-electron chi connectivity index (χ1n) is 8.58. The van der Waals surface area contributed by atoms with Crippen LogP contribution in [0.4, 0.5) is 4.39 Å². The van der Waals surface area contributed by atoms with Crippen LogP contribution in [0.2, 0.25) is 0 Å². The van der Waals surface area contributed by atoms with Gasteiger partial charge in [0.1, 0.15) is 17.7 Å². The largest absolute Gasteiger partial charge is 0.493 e. The highest BCUT2D eigenvalue weighted by Gasteiger charge is 2.32. The lowest BCUT2D eigenvalue weighted by atomic mass is 10.2. The van der Waals surface area contributed by atoms with Gasteiger partial charge in [-0.1, -0.05) is 0 Å². The molecule has 10 heteroatoms. The molecule has 1 aliphatic rings. The van der Waals surface area contributed by atoms with Crippen molar-refractivity contribution in [2.75, 3.05) is 40.4 Å². The highest BCUT2D eigenvalue weighted by Crippen LogP contribution is 2.23. The van der Waals surface area contributed by atoms with Gasteiger partial charge in [0.2, 0.25) is 0 Å². The first-order chi connectivity index (χ1) is 12.9. The number of morpholine rings is 1. The molecule has 0 spiro atoms. The average Bonchev–Trinajstić information content (AvgIpc) is 3.12. The second-order valence-electron chi connectivity index (χ2n) is 6.38. The predicted molar refractivity (Wildman–Crippen MR) is 97.1 cm³/mol. The Labute approximate surface area is 158 Å². The van der Waals surface area contributed by atoms with Crippen molar-refractivity contribution in [2.45, 2.75) is 12.5 Å². The minimum absolute atomic E-state index is 0.219. The highest BCUT2D eigenvalue weighted by atomic mass is 32.2. The van der Waals surface area contributed by atoms with Crippen molar-refractivity contribution in [1.82, 2.24) is 18.8 Å². The monoisotopic (exact) mass is 398 g/mol. The minimum Gasteiger partial charge on any atom is -0.493 e. The molecule has 1 aliphatic heterocycles. The molecule has 2 heterocycles. The number of benzene rings is 1. The van der Waals surface area contributed by atoms with Crippen molar-refractivity contribution >= 4 is 10.2 Å². The summed E-state index contributed by atoms with van der Waals surface area (Å²) < 4.78 is 51.3. The number of H-pyrrole nitrogens is 1. The van der Waals surface area contributed by atoms with Gasteiger partial charge in [-0.3, -0.25) is 5.10 Å². The van der Waals surface area contributed by atoms with Gasteiger partial charge in [-0.15, -0.1) is 0 Å². The molecule has 1 N–H and O–H groups in total. The van der Waals surface area contributed by atoms with Crippen molar-refractivity contribution in [3.05, 3.63) is 47.5 Å². The number of hydrogen-bond acceptors (Lipinski definition) is 5. The fourth-order valence-electron chi connectivity index (χ4n) is 2.73. The molecule has 3 rings (SSSR count). The third-order valence-corrected chi connectivity index (χ3v) is 6.16. The molecule has 2 aromatic rings. The van der Waals surface area contributed by atoms with Crippen LogP contribution in [0.5, 0.6) is 5.75 Å². The fourth-order valence-corrected chi connectivity index (χ4v) is 3.82. The van der Waals surface area contributed by atoms with E-state index in [-0.39, 0.29) is 12.4 Å². The maximum atomic E-state index is 12.9. The van der Waals surface area contributed by atoms with Crippen molar-refractivity contribution in [2.24, 2.45) is 0 Å². The zero-order valence-corrected chi connectivity index (χ0v) is 16.1. The van der Waals surface area contributed by atoms with Crippen LogP contribution in [-0.4, -0.2) is 67.6 Å². The van der Waals surface area contributed by atoms with Crippen LogP contribution in [0.1, 0.15) is 17.5 Å². The normalized spacial score (nSPS) is 18.7. The number of rotatable bonds is 7. The van der Waals surface area contributed by atoms with Gasteiger partial charge in [-0.25, -0.2) is 4.39 Å². The first-order valence-corrected chi connectivity index (χ1v) is 9.97. The molecule has 148 valence electrons. The topological polar surface area (TPSA) is 87.8 Å². The number of hydrogen-bond donors (Lipinski definition) is 1. The number of aromatic amines is 1. The van der Waals surface area contributed by atoms with E-state index in [2.05, 4.69) is 10.2 Å².